The maximum Gasteiger partial charge on any atom is 0.417 e. The van der Waals surface area contributed by atoms with Crippen LogP contribution in [-0.4, -0.2) is 57.3 Å². The molecule has 218 valence electrons. The molecule has 14 nitrogen and oxygen atoms in total. The standard InChI is InChI=1S/C8H5F3O2.2C8H7NO5/c9-8(10,11)6-4-2-1-3-5(6)7(12)13;1-14-5-2-3-7(9(12)13)6(4-5)8(10)11;1-14-7-4-5(9(12)13)2-3-6(7)8(10)11/h1-4H,(H,12,13);2*2-4H,1H3,(H,10,11). The van der Waals surface area contributed by atoms with E-state index >= 15 is 0 Å². The van der Waals surface area contributed by atoms with E-state index in [4.69, 9.17) is 24.8 Å². The summed E-state index contributed by atoms with van der Waals surface area (Å²) in [7, 11) is 2.61. The molecule has 0 bridgehead atoms. The topological polar surface area (TPSA) is 217 Å². The monoisotopic (exact) mass is 584 g/mol. The average Bonchev–Trinajstić information content (AvgIpc) is 2.92. The highest BCUT2D eigenvalue weighted by molar-refractivity contribution is 5.93. The number of methoxy groups -OCH3 is 2. The van der Waals surface area contributed by atoms with Crippen molar-refractivity contribution in [3.8, 4) is 11.5 Å². The summed E-state index contributed by atoms with van der Waals surface area (Å²) in [5.74, 6) is -3.86. The third-order valence-corrected chi connectivity index (χ3v) is 4.72. The fourth-order valence-corrected chi connectivity index (χ4v) is 2.86. The number of alkyl halides is 3. The minimum absolute atomic E-state index is 0.0216. The second-order valence-electron chi connectivity index (χ2n) is 7.24. The number of nitro benzene ring substituents is 2. The maximum atomic E-state index is 12.1. The molecule has 3 rings (SSSR count). The Balaban J connectivity index is 0.000000308. The lowest BCUT2D eigenvalue weighted by Gasteiger charge is -2.08. The molecule has 3 N–H and O–H groups in total. The summed E-state index contributed by atoms with van der Waals surface area (Å²) in [4.78, 5) is 51.0. The van der Waals surface area contributed by atoms with Crippen molar-refractivity contribution in [2.24, 2.45) is 0 Å². The number of hydrogen-bond donors (Lipinski definition) is 3. The van der Waals surface area contributed by atoms with Crippen molar-refractivity contribution in [1.82, 2.24) is 0 Å². The Morgan fingerprint density at radius 3 is 1.71 bits per heavy atom. The number of hydrogen-bond acceptors (Lipinski definition) is 9. The molecule has 0 aromatic heterocycles. The van der Waals surface area contributed by atoms with E-state index in [1.54, 1.807) is 0 Å². The summed E-state index contributed by atoms with van der Waals surface area (Å²) < 4.78 is 45.9. The van der Waals surface area contributed by atoms with Crippen LogP contribution in [0, 0.1) is 20.2 Å². The van der Waals surface area contributed by atoms with Gasteiger partial charge < -0.3 is 24.8 Å². The van der Waals surface area contributed by atoms with Gasteiger partial charge in [-0.2, -0.15) is 13.2 Å². The van der Waals surface area contributed by atoms with Crippen molar-refractivity contribution in [1.29, 1.82) is 0 Å². The number of halogens is 3. The summed E-state index contributed by atoms with van der Waals surface area (Å²) >= 11 is 0. The molecule has 0 amide bonds. The van der Waals surface area contributed by atoms with Gasteiger partial charge >= 0.3 is 24.1 Å². The predicted molar refractivity (Wildman–Crippen MR) is 132 cm³/mol. The molecule has 0 aliphatic carbocycles. The van der Waals surface area contributed by atoms with Crippen LogP contribution < -0.4 is 9.47 Å². The van der Waals surface area contributed by atoms with Crippen LogP contribution in [0.3, 0.4) is 0 Å². The zero-order chi connectivity index (χ0) is 31.5. The number of nitro groups is 2. The van der Waals surface area contributed by atoms with Gasteiger partial charge in [0.1, 0.15) is 22.6 Å². The molecule has 0 heterocycles. The molecule has 41 heavy (non-hydrogen) atoms. The lowest BCUT2D eigenvalue weighted by Crippen LogP contribution is -2.12. The van der Waals surface area contributed by atoms with Crippen LogP contribution in [0.4, 0.5) is 24.5 Å². The Labute approximate surface area is 227 Å². The Bertz CT molecular complexity index is 1460. The number of aromatic carboxylic acids is 3. The molecule has 0 spiro atoms. The van der Waals surface area contributed by atoms with Gasteiger partial charge in [0.05, 0.1) is 41.3 Å². The van der Waals surface area contributed by atoms with Crippen molar-refractivity contribution in [2.75, 3.05) is 14.2 Å². The first-order valence-corrected chi connectivity index (χ1v) is 10.6. The van der Waals surface area contributed by atoms with Crippen LogP contribution in [0.15, 0.2) is 60.7 Å². The number of non-ortho nitro benzene ring substituents is 1. The molecule has 0 aliphatic heterocycles. The number of rotatable bonds is 7. The van der Waals surface area contributed by atoms with E-state index in [0.29, 0.717) is 0 Å². The van der Waals surface area contributed by atoms with E-state index in [9.17, 15) is 47.8 Å². The first kappa shape index (κ1) is 33.3. The van der Waals surface area contributed by atoms with Gasteiger partial charge in [0.15, 0.2) is 0 Å². The van der Waals surface area contributed by atoms with E-state index < -0.39 is 50.7 Å². The number of carboxylic acid groups (broad SMARTS) is 3. The second-order valence-corrected chi connectivity index (χ2v) is 7.24. The molecule has 0 aliphatic rings. The molecule has 0 atom stereocenters. The maximum absolute atomic E-state index is 12.1. The van der Waals surface area contributed by atoms with Gasteiger partial charge in [0.25, 0.3) is 11.4 Å². The molecule has 3 aromatic rings. The van der Waals surface area contributed by atoms with Crippen LogP contribution in [0.25, 0.3) is 0 Å². The molecular weight excluding hydrogens is 565 g/mol. The molecule has 0 radical (unpaired) electrons. The number of benzene rings is 3. The zero-order valence-electron chi connectivity index (χ0n) is 20.8. The van der Waals surface area contributed by atoms with Gasteiger partial charge in [0, 0.05) is 18.2 Å². The Morgan fingerprint density at radius 2 is 1.29 bits per heavy atom. The van der Waals surface area contributed by atoms with E-state index in [2.05, 4.69) is 0 Å². The van der Waals surface area contributed by atoms with Gasteiger partial charge in [-0.15, -0.1) is 0 Å². The lowest BCUT2D eigenvalue weighted by molar-refractivity contribution is -0.385. The summed E-state index contributed by atoms with van der Waals surface area (Å²) in [5.41, 5.74) is -2.98. The lowest BCUT2D eigenvalue weighted by atomic mass is 10.1. The Morgan fingerprint density at radius 1 is 0.732 bits per heavy atom. The number of carboxylic acids is 3. The van der Waals surface area contributed by atoms with Gasteiger partial charge in [-0.05, 0) is 24.3 Å². The minimum Gasteiger partial charge on any atom is -0.497 e. The highest BCUT2D eigenvalue weighted by atomic mass is 19.4. The number of carbonyl (C=O) groups is 3. The second kappa shape index (κ2) is 14.4. The summed E-state index contributed by atoms with van der Waals surface area (Å²) in [6.45, 7) is 0. The van der Waals surface area contributed by atoms with Crippen LogP contribution in [0.2, 0.25) is 0 Å². The summed E-state index contributed by atoms with van der Waals surface area (Å²) in [5, 5.41) is 46.6. The minimum atomic E-state index is -4.62. The summed E-state index contributed by atoms with van der Waals surface area (Å²) in [6, 6.07) is 10.9. The van der Waals surface area contributed by atoms with E-state index in [1.165, 1.54) is 26.4 Å². The largest absolute Gasteiger partial charge is 0.497 e. The summed E-state index contributed by atoms with van der Waals surface area (Å²) in [6.07, 6.45) is -4.62. The zero-order valence-corrected chi connectivity index (χ0v) is 20.8. The van der Waals surface area contributed by atoms with Gasteiger partial charge in [-0.1, -0.05) is 12.1 Å². The number of ether oxygens (including phenoxy) is 2. The molecule has 0 fully saturated rings. The third-order valence-electron chi connectivity index (χ3n) is 4.72. The average molecular weight is 584 g/mol. The third kappa shape index (κ3) is 9.50. The van der Waals surface area contributed by atoms with Crippen LogP contribution in [0.5, 0.6) is 11.5 Å². The van der Waals surface area contributed by atoms with E-state index in [0.717, 1.165) is 48.5 Å². The normalized spacial score (nSPS) is 10.1. The fraction of sp³-hybridized carbons (Fsp3) is 0.125. The van der Waals surface area contributed by atoms with Crippen molar-refractivity contribution in [3.63, 3.8) is 0 Å². The molecule has 0 saturated carbocycles. The van der Waals surface area contributed by atoms with Gasteiger partial charge in [-0.3, -0.25) is 20.2 Å². The van der Waals surface area contributed by atoms with Gasteiger partial charge in [-0.25, -0.2) is 14.4 Å². The first-order chi connectivity index (χ1) is 19.0. The fourth-order valence-electron chi connectivity index (χ4n) is 2.86. The smallest absolute Gasteiger partial charge is 0.417 e. The first-order valence-electron chi connectivity index (χ1n) is 10.6. The number of nitrogens with zero attached hydrogens (tertiary/aromatic N) is 2. The van der Waals surface area contributed by atoms with Crippen molar-refractivity contribution in [2.45, 2.75) is 6.18 Å². The SMILES string of the molecule is COc1cc([N+](=O)[O-])ccc1C(=O)O.COc1ccc([N+](=O)[O-])c(C(=O)O)c1.O=C(O)c1ccccc1C(F)(F)F. The molecule has 3 aromatic carbocycles. The predicted octanol–water partition coefficient (Wildman–Crippen LogP) is 5.01. The van der Waals surface area contributed by atoms with Gasteiger partial charge in [0.2, 0.25) is 0 Å². The molecule has 0 unspecified atom stereocenters. The van der Waals surface area contributed by atoms with Crippen molar-refractivity contribution < 1.29 is 62.2 Å². The van der Waals surface area contributed by atoms with E-state index in [-0.39, 0.29) is 28.3 Å². The molecule has 0 saturated heterocycles. The van der Waals surface area contributed by atoms with Crippen LogP contribution in [0.1, 0.15) is 36.6 Å². The Hall–Kier alpha value is -5.74. The van der Waals surface area contributed by atoms with Crippen molar-refractivity contribution in [3.05, 3.63) is 103 Å². The van der Waals surface area contributed by atoms with Crippen LogP contribution in [-0.2, 0) is 6.18 Å². The quantitative estimate of drug-likeness (QED) is 0.247. The van der Waals surface area contributed by atoms with Crippen LogP contribution >= 0.6 is 0 Å². The van der Waals surface area contributed by atoms with E-state index in [1.807, 2.05) is 0 Å². The molecule has 17 heteroatoms. The molecular formula is C24H19F3N2O12. The highest BCUT2D eigenvalue weighted by Crippen LogP contribution is 2.31. The highest BCUT2D eigenvalue weighted by Gasteiger charge is 2.34. The van der Waals surface area contributed by atoms with Crippen molar-refractivity contribution >= 4 is 29.3 Å². The Kier molecular flexibility index (Phi) is 11.7.